The maximum atomic E-state index is 12.8. The minimum Gasteiger partial charge on any atom is -0.462 e. The molecule has 0 bridgehead atoms. The summed E-state index contributed by atoms with van der Waals surface area (Å²) >= 11 is 0. The number of allylic oxidation sites excluding steroid dienone is 4. The predicted molar refractivity (Wildman–Crippen MR) is 224 cm³/mol. The molecule has 0 saturated carbocycles. The van der Waals surface area contributed by atoms with Crippen LogP contribution in [0.5, 0.6) is 0 Å². The van der Waals surface area contributed by atoms with E-state index in [1.165, 1.54) is 89.9 Å². The largest absolute Gasteiger partial charge is 0.462 e. The van der Waals surface area contributed by atoms with Crippen molar-refractivity contribution in [2.75, 3.05) is 19.0 Å². The third-order valence-electron chi connectivity index (χ3n) is 10.3. The highest BCUT2D eigenvalue weighted by Crippen LogP contribution is 2.24. The van der Waals surface area contributed by atoms with Crippen LogP contribution >= 0.6 is 0 Å². The number of aliphatic hydroxyl groups excluding tert-OH is 3. The van der Waals surface area contributed by atoms with Crippen LogP contribution in [0.3, 0.4) is 0 Å². The third-order valence-corrected chi connectivity index (χ3v) is 11.0. The monoisotopic (exact) mass is 833 g/mol. The molecule has 6 atom stereocenters. The summed E-state index contributed by atoms with van der Waals surface area (Å²) in [6.45, 7) is 3.72. The molecule has 334 valence electrons. The Morgan fingerprint density at radius 3 is 1.58 bits per heavy atom. The Labute approximate surface area is 345 Å². The highest BCUT2D eigenvalue weighted by atomic mass is 32.2. The van der Waals surface area contributed by atoms with Gasteiger partial charge in [-0.25, -0.2) is 0 Å². The molecule has 12 nitrogen and oxygen atoms in total. The van der Waals surface area contributed by atoms with E-state index in [4.69, 9.17) is 18.9 Å². The molecule has 4 N–H and O–H groups in total. The van der Waals surface area contributed by atoms with Gasteiger partial charge in [-0.2, -0.15) is 8.42 Å². The molecule has 1 saturated heterocycles. The molecule has 0 aliphatic carbocycles. The van der Waals surface area contributed by atoms with Gasteiger partial charge in [-0.1, -0.05) is 154 Å². The van der Waals surface area contributed by atoms with Crippen LogP contribution in [-0.2, 0) is 38.7 Å². The standard InChI is InChI=1S/C44H80O12S/c1-3-5-7-9-11-13-15-17-18-19-20-21-23-24-26-28-30-32-39(45)53-34-37(35-54-44-43(49)42(48)41(47)38(56-44)36-57(50,51)52)55-40(46)33-31-29-27-25-22-16-14-12-10-8-6-4-2/h11,13,17-18,37-38,41-44,47-49H,3-10,12,14-16,19-36H2,1-2H3,(H,50,51,52)/b13-11+,18-17+/t37-,38-,41-,42?,43?,44+/m1/s1. The van der Waals surface area contributed by atoms with E-state index in [0.717, 1.165) is 57.8 Å². The fourth-order valence-corrected chi connectivity index (χ4v) is 7.46. The van der Waals surface area contributed by atoms with Crippen LogP contribution in [-0.4, -0.2) is 96.0 Å². The Hall–Kier alpha value is -1.87. The molecule has 0 spiro atoms. The van der Waals surface area contributed by atoms with Crippen molar-refractivity contribution in [1.29, 1.82) is 0 Å². The second-order valence-electron chi connectivity index (χ2n) is 15.7. The van der Waals surface area contributed by atoms with Crippen LogP contribution in [0, 0.1) is 0 Å². The Balaban J connectivity index is 2.44. The van der Waals surface area contributed by atoms with Crippen molar-refractivity contribution >= 4 is 22.1 Å². The zero-order valence-electron chi connectivity index (χ0n) is 35.4. The fraction of sp³-hybridized carbons (Fsp3) is 0.864. The zero-order valence-corrected chi connectivity index (χ0v) is 36.3. The van der Waals surface area contributed by atoms with Gasteiger partial charge in [-0.15, -0.1) is 0 Å². The van der Waals surface area contributed by atoms with E-state index in [-0.39, 0.29) is 19.4 Å². The maximum Gasteiger partial charge on any atom is 0.306 e. The normalized spacial score (nSPS) is 20.7. The van der Waals surface area contributed by atoms with Gasteiger partial charge in [-0.3, -0.25) is 14.1 Å². The Morgan fingerprint density at radius 2 is 1.05 bits per heavy atom. The van der Waals surface area contributed by atoms with Crippen molar-refractivity contribution in [2.24, 2.45) is 0 Å². The van der Waals surface area contributed by atoms with E-state index in [9.17, 15) is 37.9 Å². The van der Waals surface area contributed by atoms with Crippen LogP contribution in [0.2, 0.25) is 0 Å². The van der Waals surface area contributed by atoms with E-state index in [1.54, 1.807) is 0 Å². The molecular weight excluding hydrogens is 753 g/mol. The molecule has 0 amide bonds. The summed E-state index contributed by atoms with van der Waals surface area (Å²) in [6, 6.07) is 0. The van der Waals surface area contributed by atoms with Crippen LogP contribution in [0.4, 0.5) is 0 Å². The zero-order chi connectivity index (χ0) is 42.0. The van der Waals surface area contributed by atoms with E-state index in [2.05, 4.69) is 38.2 Å². The molecular formula is C44H80O12S. The molecule has 0 radical (unpaired) electrons. The number of unbranched alkanes of at least 4 members (excludes halogenated alkanes) is 21. The molecule has 13 heteroatoms. The number of hydrogen-bond donors (Lipinski definition) is 4. The van der Waals surface area contributed by atoms with Crippen LogP contribution in [0.15, 0.2) is 24.3 Å². The van der Waals surface area contributed by atoms with Gasteiger partial charge in [0, 0.05) is 12.8 Å². The Bertz CT molecular complexity index is 1160. The lowest BCUT2D eigenvalue weighted by atomic mass is 10.00. The lowest BCUT2D eigenvalue weighted by Crippen LogP contribution is -2.60. The van der Waals surface area contributed by atoms with Gasteiger partial charge in [0.2, 0.25) is 0 Å². The molecule has 1 aliphatic rings. The summed E-state index contributed by atoms with van der Waals surface area (Å²) in [6.07, 6.45) is 27.9. The van der Waals surface area contributed by atoms with Crippen molar-refractivity contribution in [1.82, 2.24) is 0 Å². The molecule has 57 heavy (non-hydrogen) atoms. The first kappa shape index (κ1) is 53.1. The third kappa shape index (κ3) is 29.9. The van der Waals surface area contributed by atoms with Gasteiger partial charge < -0.3 is 34.3 Å². The second-order valence-corrected chi connectivity index (χ2v) is 17.2. The van der Waals surface area contributed by atoms with Crippen molar-refractivity contribution in [3.63, 3.8) is 0 Å². The fourth-order valence-electron chi connectivity index (χ4n) is 6.77. The van der Waals surface area contributed by atoms with Crippen molar-refractivity contribution in [3.05, 3.63) is 24.3 Å². The summed E-state index contributed by atoms with van der Waals surface area (Å²) in [5.74, 6) is -1.99. The topological polar surface area (TPSA) is 186 Å². The van der Waals surface area contributed by atoms with Crippen LogP contribution in [0.1, 0.15) is 187 Å². The first-order valence-electron chi connectivity index (χ1n) is 22.4. The van der Waals surface area contributed by atoms with E-state index < -0.39 is 71.2 Å². The highest BCUT2D eigenvalue weighted by Gasteiger charge is 2.46. The number of carbonyl (C=O) groups is 2. The van der Waals surface area contributed by atoms with Gasteiger partial charge in [0.1, 0.15) is 36.8 Å². The van der Waals surface area contributed by atoms with Gasteiger partial charge in [0.05, 0.1) is 6.61 Å². The summed E-state index contributed by atoms with van der Waals surface area (Å²) in [7, 11) is -4.60. The molecule has 1 rings (SSSR count). The van der Waals surface area contributed by atoms with Gasteiger partial charge >= 0.3 is 11.9 Å². The Morgan fingerprint density at radius 1 is 0.596 bits per heavy atom. The smallest absolute Gasteiger partial charge is 0.306 e. The summed E-state index contributed by atoms with van der Waals surface area (Å²) < 4.78 is 54.0. The number of rotatable bonds is 37. The average molecular weight is 833 g/mol. The van der Waals surface area contributed by atoms with E-state index >= 15 is 0 Å². The molecule has 1 fully saturated rings. The van der Waals surface area contributed by atoms with Gasteiger partial charge in [0.15, 0.2) is 12.4 Å². The lowest BCUT2D eigenvalue weighted by Gasteiger charge is -2.40. The molecule has 0 aromatic heterocycles. The number of carbonyl (C=O) groups excluding carboxylic acids is 2. The lowest BCUT2D eigenvalue weighted by molar-refractivity contribution is -0.297. The number of esters is 2. The minimum absolute atomic E-state index is 0.166. The quantitative estimate of drug-likeness (QED) is 0.0202. The summed E-state index contributed by atoms with van der Waals surface area (Å²) in [5, 5.41) is 30.8. The van der Waals surface area contributed by atoms with Crippen molar-refractivity contribution in [3.8, 4) is 0 Å². The molecule has 0 aromatic carbocycles. The number of aliphatic hydroxyl groups is 3. The van der Waals surface area contributed by atoms with Crippen LogP contribution in [0.25, 0.3) is 0 Å². The number of hydrogen-bond acceptors (Lipinski definition) is 11. The SMILES string of the molecule is CCCCC/C=C/C/C=C/CCCCCCCCCC(=O)OC[C@H](CO[C@H]1O[C@H](CS(=O)(=O)O)[C@@H](O)C(O)C1O)OC(=O)CCCCCCCCCCCCCC. The number of ether oxygens (including phenoxy) is 4. The van der Waals surface area contributed by atoms with E-state index in [0.29, 0.717) is 12.8 Å². The average Bonchev–Trinajstić information content (AvgIpc) is 3.17. The van der Waals surface area contributed by atoms with Crippen LogP contribution < -0.4 is 0 Å². The summed E-state index contributed by atoms with van der Waals surface area (Å²) in [5.41, 5.74) is 0. The Kier molecular flexibility index (Phi) is 32.6. The minimum atomic E-state index is -4.60. The molecule has 0 aromatic rings. The maximum absolute atomic E-state index is 12.8. The predicted octanol–water partition coefficient (Wildman–Crippen LogP) is 8.84. The molecule has 1 heterocycles. The molecule has 2 unspecified atom stereocenters. The first-order chi connectivity index (χ1) is 27.5. The second kappa shape index (κ2) is 34.9. The van der Waals surface area contributed by atoms with E-state index in [1.807, 2.05) is 0 Å². The highest BCUT2D eigenvalue weighted by molar-refractivity contribution is 7.85. The van der Waals surface area contributed by atoms with Crippen molar-refractivity contribution in [2.45, 2.75) is 224 Å². The molecule has 1 aliphatic heterocycles. The van der Waals surface area contributed by atoms with Gasteiger partial charge in [-0.05, 0) is 44.9 Å². The summed E-state index contributed by atoms with van der Waals surface area (Å²) in [4.78, 5) is 25.4. The van der Waals surface area contributed by atoms with Gasteiger partial charge in [0.25, 0.3) is 10.1 Å². The first-order valence-corrected chi connectivity index (χ1v) is 24.0. The van der Waals surface area contributed by atoms with Crippen molar-refractivity contribution < 1.29 is 56.8 Å².